The zero-order valence-corrected chi connectivity index (χ0v) is 14.7. The fourth-order valence-corrected chi connectivity index (χ4v) is 3.76. The smallest absolute Gasteiger partial charge is 0.249 e. The van der Waals surface area contributed by atoms with Gasteiger partial charge < -0.3 is 9.80 Å². The minimum Gasteiger partial charge on any atom is -0.336 e. The maximum atomic E-state index is 12.3. The molecular weight excluding hydrogens is 274 g/mol. The second kappa shape index (κ2) is 8.68. The maximum Gasteiger partial charge on any atom is 0.249 e. The Morgan fingerprint density at radius 2 is 1.68 bits per heavy atom. The molecule has 0 aromatic carbocycles. The van der Waals surface area contributed by atoms with Crippen molar-refractivity contribution < 1.29 is 4.79 Å². The van der Waals surface area contributed by atoms with E-state index in [-0.39, 0.29) is 5.91 Å². The number of allylic oxidation sites excluding steroid dienone is 1. The fourth-order valence-electron chi connectivity index (χ4n) is 3.76. The molecule has 0 N–H and O–H groups in total. The third kappa shape index (κ3) is 4.56. The molecule has 0 unspecified atom stereocenters. The number of hydrogen-bond donors (Lipinski definition) is 0. The van der Waals surface area contributed by atoms with E-state index in [9.17, 15) is 4.79 Å². The number of carbonyl (C=O) groups excluding carboxylic acids is 1. The van der Waals surface area contributed by atoms with Gasteiger partial charge in [0.2, 0.25) is 5.91 Å². The fraction of sp³-hybridized carbons (Fsp3) is 0.833. The zero-order chi connectivity index (χ0) is 15.9. The van der Waals surface area contributed by atoms with Gasteiger partial charge in [0.05, 0.1) is 0 Å². The van der Waals surface area contributed by atoms with Crippen molar-refractivity contribution in [2.45, 2.75) is 52.5 Å². The van der Waals surface area contributed by atoms with Crippen LogP contribution in [0.4, 0.5) is 0 Å². The quantitative estimate of drug-likeness (QED) is 0.730. The molecule has 0 aliphatic carbocycles. The highest BCUT2D eigenvalue weighted by Gasteiger charge is 2.28. The summed E-state index contributed by atoms with van der Waals surface area (Å²) in [6, 6.07) is 0.734. The third-order valence-electron chi connectivity index (χ3n) is 5.06. The average molecular weight is 307 g/mol. The summed E-state index contributed by atoms with van der Waals surface area (Å²) in [6.07, 6.45) is 6.83. The van der Waals surface area contributed by atoms with Crippen LogP contribution in [0.2, 0.25) is 0 Å². The number of nitrogens with zero attached hydrogens (tertiary/aromatic N) is 3. The van der Waals surface area contributed by atoms with E-state index in [1.807, 2.05) is 17.9 Å². The minimum atomic E-state index is 0.235. The Labute approximate surface area is 136 Å². The molecule has 0 saturated carbocycles. The highest BCUT2D eigenvalue weighted by molar-refractivity contribution is 5.92. The van der Waals surface area contributed by atoms with Crippen molar-refractivity contribution in [1.82, 2.24) is 14.7 Å². The van der Waals surface area contributed by atoms with Gasteiger partial charge in [-0.25, -0.2) is 0 Å². The number of likely N-dealkylation sites (tertiary alicyclic amines) is 1. The van der Waals surface area contributed by atoms with Crippen molar-refractivity contribution >= 4 is 5.91 Å². The standard InChI is InChI=1S/C18H33N3O/c1-4-6-16(3)18(22)21-14-12-20(13-15-21)17-7-10-19(9-5-2)11-8-17/h6,17H,4-5,7-15H2,1-3H3/b16-6-. The van der Waals surface area contributed by atoms with Crippen molar-refractivity contribution in [2.75, 3.05) is 45.8 Å². The molecule has 0 aromatic heterocycles. The first kappa shape index (κ1) is 17.5. The summed E-state index contributed by atoms with van der Waals surface area (Å²) in [5.41, 5.74) is 0.906. The predicted octanol–water partition coefficient (Wildman–Crippen LogP) is 2.36. The van der Waals surface area contributed by atoms with E-state index in [4.69, 9.17) is 0 Å². The van der Waals surface area contributed by atoms with Crippen molar-refractivity contribution in [3.05, 3.63) is 11.6 Å². The molecule has 0 radical (unpaired) electrons. The molecule has 0 aromatic rings. The highest BCUT2D eigenvalue weighted by Crippen LogP contribution is 2.19. The molecule has 2 heterocycles. The summed E-state index contributed by atoms with van der Waals surface area (Å²) in [6.45, 7) is 13.9. The van der Waals surface area contributed by atoms with Crippen molar-refractivity contribution in [2.24, 2.45) is 0 Å². The molecule has 0 atom stereocenters. The molecule has 2 rings (SSSR count). The highest BCUT2D eigenvalue weighted by atomic mass is 16.2. The van der Waals surface area contributed by atoms with Crippen LogP contribution in [0.1, 0.15) is 46.5 Å². The van der Waals surface area contributed by atoms with Crippen LogP contribution < -0.4 is 0 Å². The second-order valence-electron chi connectivity index (χ2n) is 6.70. The summed E-state index contributed by atoms with van der Waals surface area (Å²) in [4.78, 5) is 19.6. The van der Waals surface area contributed by atoms with Crippen LogP contribution in [0.25, 0.3) is 0 Å². The Kier molecular flexibility index (Phi) is 6.90. The van der Waals surface area contributed by atoms with Gasteiger partial charge in [-0.2, -0.15) is 0 Å². The minimum absolute atomic E-state index is 0.235. The SMILES string of the molecule is CC/C=C(/C)C(=O)N1CCN(C2CCN(CCC)CC2)CC1. The lowest BCUT2D eigenvalue weighted by molar-refractivity contribution is -0.129. The third-order valence-corrected chi connectivity index (χ3v) is 5.06. The van der Waals surface area contributed by atoms with E-state index in [1.165, 1.54) is 38.9 Å². The Morgan fingerprint density at radius 1 is 1.05 bits per heavy atom. The molecule has 2 aliphatic rings. The zero-order valence-electron chi connectivity index (χ0n) is 14.7. The largest absolute Gasteiger partial charge is 0.336 e. The number of hydrogen-bond acceptors (Lipinski definition) is 3. The summed E-state index contributed by atoms with van der Waals surface area (Å²) in [5.74, 6) is 0.235. The van der Waals surface area contributed by atoms with Gasteiger partial charge in [0.15, 0.2) is 0 Å². The summed E-state index contributed by atoms with van der Waals surface area (Å²) in [7, 11) is 0. The van der Waals surface area contributed by atoms with Gasteiger partial charge in [-0.3, -0.25) is 9.69 Å². The molecule has 0 bridgehead atoms. The van der Waals surface area contributed by atoms with Crippen molar-refractivity contribution in [1.29, 1.82) is 0 Å². The molecule has 1 amide bonds. The Morgan fingerprint density at radius 3 is 2.23 bits per heavy atom. The summed E-state index contributed by atoms with van der Waals surface area (Å²) in [5, 5.41) is 0. The van der Waals surface area contributed by atoms with Gasteiger partial charge in [-0.15, -0.1) is 0 Å². The molecular formula is C18H33N3O. The first-order valence-corrected chi connectivity index (χ1v) is 9.08. The Bertz CT molecular complexity index is 378. The number of carbonyl (C=O) groups is 1. The lowest BCUT2D eigenvalue weighted by atomic mass is 10.0. The van der Waals surface area contributed by atoms with Gasteiger partial charge in [-0.05, 0) is 52.2 Å². The number of piperazine rings is 1. The van der Waals surface area contributed by atoms with E-state index in [1.54, 1.807) is 0 Å². The van der Waals surface area contributed by atoms with E-state index < -0.39 is 0 Å². The van der Waals surface area contributed by atoms with Crippen LogP contribution in [0, 0.1) is 0 Å². The lowest BCUT2D eigenvalue weighted by Gasteiger charge is -2.42. The molecule has 22 heavy (non-hydrogen) atoms. The monoisotopic (exact) mass is 307 g/mol. The summed E-state index contributed by atoms with van der Waals surface area (Å²) >= 11 is 0. The molecule has 2 saturated heterocycles. The molecule has 4 nitrogen and oxygen atoms in total. The number of rotatable bonds is 5. The average Bonchev–Trinajstić information content (AvgIpc) is 2.55. The topological polar surface area (TPSA) is 26.8 Å². The van der Waals surface area contributed by atoms with Gasteiger partial charge in [-0.1, -0.05) is 19.9 Å². The van der Waals surface area contributed by atoms with Gasteiger partial charge in [0.1, 0.15) is 0 Å². The Hall–Kier alpha value is -0.870. The first-order chi connectivity index (χ1) is 10.7. The van der Waals surface area contributed by atoms with Crippen LogP contribution in [-0.2, 0) is 4.79 Å². The van der Waals surface area contributed by atoms with Crippen LogP contribution in [0.5, 0.6) is 0 Å². The summed E-state index contributed by atoms with van der Waals surface area (Å²) < 4.78 is 0. The molecule has 4 heteroatoms. The van der Waals surface area contributed by atoms with Gasteiger partial charge in [0.25, 0.3) is 0 Å². The Balaban J connectivity index is 1.76. The van der Waals surface area contributed by atoms with E-state index in [2.05, 4.69) is 23.6 Å². The van der Waals surface area contributed by atoms with Gasteiger partial charge >= 0.3 is 0 Å². The van der Waals surface area contributed by atoms with E-state index in [0.29, 0.717) is 0 Å². The van der Waals surface area contributed by atoms with Crippen molar-refractivity contribution in [3.8, 4) is 0 Å². The predicted molar refractivity (Wildman–Crippen MR) is 92.0 cm³/mol. The molecule has 126 valence electrons. The molecule has 2 fully saturated rings. The van der Waals surface area contributed by atoms with Crippen molar-refractivity contribution in [3.63, 3.8) is 0 Å². The lowest BCUT2D eigenvalue weighted by Crippen LogP contribution is -2.54. The first-order valence-electron chi connectivity index (χ1n) is 9.08. The molecule has 2 aliphatic heterocycles. The molecule has 0 spiro atoms. The van der Waals surface area contributed by atoms with E-state index in [0.717, 1.165) is 44.2 Å². The van der Waals surface area contributed by atoms with E-state index >= 15 is 0 Å². The van der Waals surface area contributed by atoms with Crippen LogP contribution in [0.15, 0.2) is 11.6 Å². The number of piperidine rings is 1. The van der Waals surface area contributed by atoms with Gasteiger partial charge in [0, 0.05) is 37.8 Å². The second-order valence-corrected chi connectivity index (χ2v) is 6.70. The van der Waals surface area contributed by atoms with Crippen LogP contribution >= 0.6 is 0 Å². The maximum absolute atomic E-state index is 12.3. The normalized spacial score (nSPS) is 23.0. The number of amides is 1. The van der Waals surface area contributed by atoms with Crippen LogP contribution in [0.3, 0.4) is 0 Å². The van der Waals surface area contributed by atoms with Crippen LogP contribution in [-0.4, -0.2) is 72.5 Å².